The number of amides is 2. The van der Waals surface area contributed by atoms with Crippen LogP contribution in [0.25, 0.3) is 0 Å². The first kappa shape index (κ1) is 14.7. The average molecular weight is 307 g/mol. The Morgan fingerprint density at radius 3 is 2.71 bits per heavy atom. The van der Waals surface area contributed by atoms with Crippen molar-refractivity contribution in [1.29, 1.82) is 0 Å². The van der Waals surface area contributed by atoms with E-state index in [2.05, 4.69) is 15.6 Å². The zero-order valence-electron chi connectivity index (χ0n) is 11.0. The fourth-order valence-corrected chi connectivity index (χ4v) is 1.84. The van der Waals surface area contributed by atoms with Crippen molar-refractivity contribution < 1.29 is 9.72 Å². The van der Waals surface area contributed by atoms with Crippen molar-refractivity contribution in [3.8, 4) is 0 Å². The third-order valence-electron chi connectivity index (χ3n) is 2.60. The number of nitrogens with zero attached hydrogens (tertiary/aromatic N) is 2. The monoisotopic (exact) mass is 306 g/mol. The van der Waals surface area contributed by atoms with Crippen molar-refractivity contribution in [1.82, 2.24) is 4.98 Å². The number of benzene rings is 1. The van der Waals surface area contributed by atoms with E-state index in [-0.39, 0.29) is 11.5 Å². The van der Waals surface area contributed by atoms with E-state index in [9.17, 15) is 14.9 Å². The maximum Gasteiger partial charge on any atom is 0.324 e. The van der Waals surface area contributed by atoms with E-state index in [1.807, 2.05) is 0 Å². The van der Waals surface area contributed by atoms with Crippen LogP contribution in [-0.2, 0) is 0 Å². The summed E-state index contributed by atoms with van der Waals surface area (Å²) in [7, 11) is 0. The summed E-state index contributed by atoms with van der Waals surface area (Å²) < 4.78 is 0. The number of nitro groups is 1. The van der Waals surface area contributed by atoms with Crippen LogP contribution in [-0.4, -0.2) is 15.9 Å². The summed E-state index contributed by atoms with van der Waals surface area (Å²) in [5.74, 6) is 0.220. The van der Waals surface area contributed by atoms with Gasteiger partial charge in [-0.05, 0) is 31.2 Å². The lowest BCUT2D eigenvalue weighted by molar-refractivity contribution is -0.385. The molecular weight excluding hydrogens is 296 g/mol. The summed E-state index contributed by atoms with van der Waals surface area (Å²) >= 11 is 5.81. The van der Waals surface area contributed by atoms with Gasteiger partial charge in [0, 0.05) is 16.3 Å². The van der Waals surface area contributed by atoms with Crippen LogP contribution in [0.2, 0.25) is 5.02 Å². The number of rotatable bonds is 3. The van der Waals surface area contributed by atoms with Gasteiger partial charge in [0.05, 0.1) is 4.92 Å². The first-order chi connectivity index (χ1) is 9.95. The number of urea groups is 1. The molecule has 0 saturated heterocycles. The lowest BCUT2D eigenvalue weighted by atomic mass is 10.2. The van der Waals surface area contributed by atoms with E-state index in [1.54, 1.807) is 31.2 Å². The SMILES string of the molecule is Cc1cc(NC(=O)Nc2cccc(Cl)c2)ncc1[N+](=O)[O-]. The number of carbonyl (C=O) groups is 1. The van der Waals surface area contributed by atoms with Gasteiger partial charge in [0.2, 0.25) is 0 Å². The van der Waals surface area contributed by atoms with Crippen molar-refractivity contribution in [2.75, 3.05) is 10.6 Å². The van der Waals surface area contributed by atoms with Gasteiger partial charge in [-0.2, -0.15) is 0 Å². The first-order valence-electron chi connectivity index (χ1n) is 5.90. The zero-order chi connectivity index (χ0) is 15.4. The van der Waals surface area contributed by atoms with Gasteiger partial charge in [0.15, 0.2) is 0 Å². The molecule has 2 N–H and O–H groups in total. The molecule has 0 fully saturated rings. The van der Waals surface area contributed by atoms with Crippen molar-refractivity contribution in [3.63, 3.8) is 0 Å². The maximum absolute atomic E-state index is 11.8. The maximum atomic E-state index is 11.8. The summed E-state index contributed by atoms with van der Waals surface area (Å²) in [4.78, 5) is 25.8. The van der Waals surface area contributed by atoms with E-state index >= 15 is 0 Å². The molecule has 108 valence electrons. The molecule has 0 atom stereocenters. The lowest BCUT2D eigenvalue weighted by Crippen LogP contribution is -2.20. The van der Waals surface area contributed by atoms with E-state index < -0.39 is 11.0 Å². The molecule has 0 aliphatic carbocycles. The van der Waals surface area contributed by atoms with Crippen molar-refractivity contribution in [2.24, 2.45) is 0 Å². The summed E-state index contributed by atoms with van der Waals surface area (Å²) in [6.45, 7) is 1.57. The standard InChI is InChI=1S/C13H11ClN4O3/c1-8-5-12(15-7-11(8)18(20)21)17-13(19)16-10-4-2-3-9(14)6-10/h2-7H,1H3,(H2,15,16,17,19). The molecule has 0 spiro atoms. The molecule has 0 saturated carbocycles. The van der Waals surface area contributed by atoms with E-state index in [0.717, 1.165) is 6.20 Å². The normalized spacial score (nSPS) is 10.0. The van der Waals surface area contributed by atoms with Crippen LogP contribution < -0.4 is 10.6 Å². The largest absolute Gasteiger partial charge is 0.324 e. The number of carbonyl (C=O) groups excluding carboxylic acids is 1. The predicted octanol–water partition coefficient (Wildman–Crippen LogP) is 3.60. The number of pyridine rings is 1. The van der Waals surface area contributed by atoms with Crippen LogP contribution in [0.1, 0.15) is 5.56 Å². The molecule has 8 heteroatoms. The van der Waals surface area contributed by atoms with Crippen LogP contribution in [0.5, 0.6) is 0 Å². The fraction of sp³-hybridized carbons (Fsp3) is 0.0769. The Bertz CT molecular complexity index is 706. The molecule has 0 bridgehead atoms. The van der Waals surface area contributed by atoms with Gasteiger partial charge in [0.1, 0.15) is 12.0 Å². The first-order valence-corrected chi connectivity index (χ1v) is 6.28. The van der Waals surface area contributed by atoms with Gasteiger partial charge < -0.3 is 5.32 Å². The van der Waals surface area contributed by atoms with Gasteiger partial charge in [-0.1, -0.05) is 17.7 Å². The van der Waals surface area contributed by atoms with Crippen LogP contribution in [0, 0.1) is 17.0 Å². The Morgan fingerprint density at radius 2 is 2.10 bits per heavy atom. The number of hydrogen-bond acceptors (Lipinski definition) is 4. The summed E-state index contributed by atoms with van der Waals surface area (Å²) in [6, 6.07) is 7.57. The van der Waals surface area contributed by atoms with E-state index in [4.69, 9.17) is 11.6 Å². The van der Waals surface area contributed by atoms with Gasteiger partial charge in [-0.3, -0.25) is 15.4 Å². The summed E-state index contributed by atoms with van der Waals surface area (Å²) in [6.07, 6.45) is 1.10. The number of anilines is 2. The second-order valence-electron chi connectivity index (χ2n) is 4.20. The fourth-order valence-electron chi connectivity index (χ4n) is 1.65. The molecule has 2 aromatic rings. The number of aromatic nitrogens is 1. The Kier molecular flexibility index (Phi) is 4.34. The quantitative estimate of drug-likeness (QED) is 0.668. The number of halogens is 1. The van der Waals surface area contributed by atoms with Gasteiger partial charge in [0.25, 0.3) is 5.69 Å². The molecule has 1 heterocycles. The molecule has 2 amide bonds. The Balaban J connectivity index is 2.06. The van der Waals surface area contributed by atoms with Gasteiger partial charge >= 0.3 is 6.03 Å². The molecule has 1 aromatic heterocycles. The number of hydrogen-bond donors (Lipinski definition) is 2. The molecule has 1 aromatic carbocycles. The van der Waals surface area contributed by atoms with Crippen LogP contribution in [0.3, 0.4) is 0 Å². The highest BCUT2D eigenvalue weighted by Gasteiger charge is 2.12. The van der Waals surface area contributed by atoms with E-state index in [0.29, 0.717) is 16.3 Å². The Labute approximate surface area is 125 Å². The topological polar surface area (TPSA) is 97.2 Å². The summed E-state index contributed by atoms with van der Waals surface area (Å²) in [5.41, 5.74) is 0.836. The molecule has 7 nitrogen and oxygen atoms in total. The highest BCUT2D eigenvalue weighted by atomic mass is 35.5. The second kappa shape index (κ2) is 6.19. The Morgan fingerprint density at radius 1 is 1.33 bits per heavy atom. The number of nitrogens with one attached hydrogen (secondary N) is 2. The molecular formula is C13H11ClN4O3. The highest BCUT2D eigenvalue weighted by Crippen LogP contribution is 2.19. The molecule has 0 radical (unpaired) electrons. The van der Waals surface area contributed by atoms with Crippen molar-refractivity contribution in [3.05, 3.63) is 57.2 Å². The minimum atomic E-state index is -0.530. The van der Waals surface area contributed by atoms with E-state index in [1.165, 1.54) is 6.07 Å². The molecule has 0 unspecified atom stereocenters. The van der Waals surface area contributed by atoms with Gasteiger partial charge in [-0.15, -0.1) is 0 Å². The molecule has 21 heavy (non-hydrogen) atoms. The second-order valence-corrected chi connectivity index (χ2v) is 4.64. The lowest BCUT2D eigenvalue weighted by Gasteiger charge is -2.07. The average Bonchev–Trinajstić information content (AvgIpc) is 2.38. The zero-order valence-corrected chi connectivity index (χ0v) is 11.7. The molecule has 2 rings (SSSR count). The van der Waals surface area contributed by atoms with Gasteiger partial charge in [-0.25, -0.2) is 9.78 Å². The van der Waals surface area contributed by atoms with Crippen molar-refractivity contribution >= 4 is 34.8 Å². The number of aryl methyl sites for hydroxylation is 1. The predicted molar refractivity (Wildman–Crippen MR) is 79.7 cm³/mol. The van der Waals surface area contributed by atoms with Crippen LogP contribution in [0.4, 0.5) is 22.0 Å². The van der Waals surface area contributed by atoms with Crippen LogP contribution in [0.15, 0.2) is 36.5 Å². The molecule has 0 aliphatic rings. The summed E-state index contributed by atoms with van der Waals surface area (Å²) in [5, 5.41) is 16.2. The van der Waals surface area contributed by atoms with Crippen molar-refractivity contribution in [2.45, 2.75) is 6.92 Å². The smallest absolute Gasteiger partial charge is 0.308 e. The minimum Gasteiger partial charge on any atom is -0.308 e. The third-order valence-corrected chi connectivity index (χ3v) is 2.84. The molecule has 0 aliphatic heterocycles. The third kappa shape index (κ3) is 3.90. The Hall–Kier alpha value is -2.67. The van der Waals surface area contributed by atoms with Crippen LogP contribution >= 0.6 is 11.6 Å². The highest BCUT2D eigenvalue weighted by molar-refractivity contribution is 6.30. The minimum absolute atomic E-state index is 0.101.